The van der Waals surface area contributed by atoms with E-state index >= 15 is 0 Å². The molecule has 0 spiro atoms. The van der Waals surface area contributed by atoms with Crippen LogP contribution in [-0.4, -0.2) is 44.3 Å². The van der Waals surface area contributed by atoms with E-state index in [4.69, 9.17) is 16.3 Å². The zero-order valence-electron chi connectivity index (χ0n) is 25.6. The third kappa shape index (κ3) is 8.65. The first-order valence-corrected chi connectivity index (χ1v) is 16.7. The number of amides is 2. The van der Waals surface area contributed by atoms with Crippen LogP contribution in [0.3, 0.4) is 0 Å². The molecule has 10 heteroatoms. The van der Waals surface area contributed by atoms with E-state index in [0.717, 1.165) is 16.3 Å². The Kier molecular flexibility index (Phi) is 11.6. The van der Waals surface area contributed by atoms with E-state index in [1.807, 2.05) is 51.1 Å². The summed E-state index contributed by atoms with van der Waals surface area (Å²) in [6, 6.07) is 28.4. The smallest absolute Gasteiger partial charge is 0.264 e. The molecule has 2 amide bonds. The Morgan fingerprint density at radius 1 is 0.844 bits per heavy atom. The molecule has 0 aliphatic heterocycles. The number of hydrogen-bond acceptors (Lipinski definition) is 5. The van der Waals surface area contributed by atoms with Crippen molar-refractivity contribution in [2.45, 2.75) is 51.1 Å². The summed E-state index contributed by atoms with van der Waals surface area (Å²) in [5.74, 6) is 0.276. The maximum atomic E-state index is 14.2. The van der Waals surface area contributed by atoms with Gasteiger partial charge in [-0.1, -0.05) is 79.5 Å². The number of benzene rings is 4. The van der Waals surface area contributed by atoms with E-state index in [2.05, 4.69) is 5.32 Å². The first-order valence-electron chi connectivity index (χ1n) is 14.9. The molecule has 45 heavy (non-hydrogen) atoms. The molecule has 1 unspecified atom stereocenters. The van der Waals surface area contributed by atoms with E-state index in [-0.39, 0.29) is 23.0 Å². The third-order valence-corrected chi connectivity index (χ3v) is 9.38. The van der Waals surface area contributed by atoms with Gasteiger partial charge >= 0.3 is 0 Å². The van der Waals surface area contributed by atoms with Gasteiger partial charge in [-0.15, -0.1) is 0 Å². The summed E-state index contributed by atoms with van der Waals surface area (Å²) in [5, 5.41) is 3.32. The summed E-state index contributed by atoms with van der Waals surface area (Å²) < 4.78 is 35.2. The van der Waals surface area contributed by atoms with Gasteiger partial charge in [0.15, 0.2) is 0 Å². The quantitative estimate of drug-likeness (QED) is 0.159. The molecule has 0 aliphatic carbocycles. The highest BCUT2D eigenvalue weighted by atomic mass is 35.5. The van der Waals surface area contributed by atoms with E-state index in [9.17, 15) is 18.0 Å². The van der Waals surface area contributed by atoms with Crippen LogP contribution in [0.1, 0.15) is 37.8 Å². The minimum Gasteiger partial charge on any atom is -0.457 e. The SMILES string of the molecule is CCCNC(=O)C(CC)N(Cc1ccccc1Cl)C(=O)CN(c1ccc(Oc2ccccc2)cc1)S(=O)(=O)c1ccc(C)cc1. The van der Waals surface area contributed by atoms with Gasteiger partial charge in [0.1, 0.15) is 24.1 Å². The van der Waals surface area contributed by atoms with Crippen molar-refractivity contribution in [2.24, 2.45) is 0 Å². The number of rotatable bonds is 14. The second-order valence-electron chi connectivity index (χ2n) is 10.6. The Morgan fingerprint density at radius 3 is 2.09 bits per heavy atom. The van der Waals surface area contributed by atoms with Crippen LogP contribution >= 0.6 is 11.6 Å². The number of sulfonamides is 1. The Hall–Kier alpha value is -4.34. The van der Waals surface area contributed by atoms with E-state index in [0.29, 0.717) is 35.1 Å². The van der Waals surface area contributed by atoms with Gasteiger partial charge in [-0.2, -0.15) is 0 Å². The van der Waals surface area contributed by atoms with Crippen molar-refractivity contribution < 1.29 is 22.7 Å². The normalized spacial score (nSPS) is 11.8. The Balaban J connectivity index is 1.73. The Labute approximate surface area is 270 Å². The lowest BCUT2D eigenvalue weighted by molar-refractivity contribution is -0.140. The monoisotopic (exact) mass is 647 g/mol. The molecule has 236 valence electrons. The summed E-state index contributed by atoms with van der Waals surface area (Å²) in [4.78, 5) is 28.9. The molecule has 0 aliphatic rings. The molecule has 4 aromatic carbocycles. The summed E-state index contributed by atoms with van der Waals surface area (Å²) in [6.45, 7) is 5.56. The minimum atomic E-state index is -4.20. The molecule has 0 aromatic heterocycles. The lowest BCUT2D eigenvalue weighted by Gasteiger charge is -2.33. The molecular formula is C35H38ClN3O5S. The van der Waals surface area contributed by atoms with Crippen molar-refractivity contribution in [3.63, 3.8) is 0 Å². The molecule has 0 radical (unpaired) electrons. The zero-order chi connectivity index (χ0) is 32.4. The average Bonchev–Trinajstić information content (AvgIpc) is 3.04. The number of carbonyl (C=O) groups is 2. The third-order valence-electron chi connectivity index (χ3n) is 7.23. The highest BCUT2D eigenvalue weighted by Crippen LogP contribution is 2.29. The van der Waals surface area contributed by atoms with Crippen LogP contribution in [0.5, 0.6) is 11.5 Å². The number of ether oxygens (including phenoxy) is 1. The largest absolute Gasteiger partial charge is 0.457 e. The van der Waals surface area contributed by atoms with Crippen LogP contribution in [0.25, 0.3) is 0 Å². The molecular weight excluding hydrogens is 610 g/mol. The molecule has 0 heterocycles. The van der Waals surface area contributed by atoms with Gasteiger partial charge in [-0.25, -0.2) is 8.42 Å². The lowest BCUT2D eigenvalue weighted by atomic mass is 10.1. The van der Waals surface area contributed by atoms with Gasteiger partial charge in [-0.05, 0) is 79.9 Å². The van der Waals surface area contributed by atoms with Gasteiger partial charge in [0.05, 0.1) is 10.6 Å². The summed E-state index contributed by atoms with van der Waals surface area (Å²) in [6.07, 6.45) is 1.05. The van der Waals surface area contributed by atoms with Crippen LogP contribution in [-0.2, 0) is 26.2 Å². The van der Waals surface area contributed by atoms with E-state index < -0.39 is 28.5 Å². The predicted octanol–water partition coefficient (Wildman–Crippen LogP) is 6.97. The highest BCUT2D eigenvalue weighted by molar-refractivity contribution is 7.92. The highest BCUT2D eigenvalue weighted by Gasteiger charge is 2.34. The van der Waals surface area contributed by atoms with Crippen LogP contribution < -0.4 is 14.4 Å². The average molecular weight is 648 g/mol. The second kappa shape index (κ2) is 15.6. The number of nitrogens with zero attached hydrogens (tertiary/aromatic N) is 2. The van der Waals surface area contributed by atoms with Crippen LogP contribution in [0.15, 0.2) is 108 Å². The number of halogens is 1. The van der Waals surface area contributed by atoms with Gasteiger partial charge in [0.25, 0.3) is 10.0 Å². The Bertz CT molecular complexity index is 1680. The first kappa shape index (κ1) is 33.6. The molecule has 4 rings (SSSR count). The van der Waals surface area contributed by atoms with Crippen molar-refractivity contribution in [1.82, 2.24) is 10.2 Å². The first-order chi connectivity index (χ1) is 21.6. The van der Waals surface area contributed by atoms with Gasteiger partial charge in [-0.3, -0.25) is 13.9 Å². The fraction of sp³-hybridized carbons (Fsp3) is 0.257. The maximum Gasteiger partial charge on any atom is 0.264 e. The molecule has 0 saturated heterocycles. The fourth-order valence-electron chi connectivity index (χ4n) is 4.77. The standard InChI is InChI=1S/C35H38ClN3O5S/c1-4-23-37-35(41)33(5-2)38(24-27-11-9-10-14-32(27)36)34(40)25-39(45(42,43)31-21-15-26(3)16-22-31)28-17-19-30(20-18-28)44-29-12-7-6-8-13-29/h6-22,33H,4-5,23-25H2,1-3H3,(H,37,41). The summed E-state index contributed by atoms with van der Waals surface area (Å²) >= 11 is 6.47. The van der Waals surface area contributed by atoms with Gasteiger partial charge in [0.2, 0.25) is 11.8 Å². The summed E-state index contributed by atoms with van der Waals surface area (Å²) in [5.41, 5.74) is 1.81. The molecule has 0 saturated carbocycles. The predicted molar refractivity (Wildman–Crippen MR) is 178 cm³/mol. The molecule has 1 N–H and O–H groups in total. The minimum absolute atomic E-state index is 0.0266. The summed E-state index contributed by atoms with van der Waals surface area (Å²) in [7, 11) is -4.20. The zero-order valence-corrected chi connectivity index (χ0v) is 27.2. The molecule has 4 aromatic rings. The van der Waals surface area contributed by atoms with E-state index in [1.165, 1.54) is 17.0 Å². The number of anilines is 1. The fourth-order valence-corrected chi connectivity index (χ4v) is 6.38. The number of para-hydroxylation sites is 1. The van der Waals surface area contributed by atoms with Crippen molar-refractivity contribution in [2.75, 3.05) is 17.4 Å². The van der Waals surface area contributed by atoms with Crippen molar-refractivity contribution in [3.05, 3.63) is 119 Å². The lowest BCUT2D eigenvalue weighted by Crippen LogP contribution is -2.52. The number of nitrogens with one attached hydrogen (secondary N) is 1. The van der Waals surface area contributed by atoms with Crippen molar-refractivity contribution >= 4 is 39.1 Å². The maximum absolute atomic E-state index is 14.2. The molecule has 0 bridgehead atoms. The van der Waals surface area contributed by atoms with Crippen LogP contribution in [0.2, 0.25) is 5.02 Å². The molecule has 8 nitrogen and oxygen atoms in total. The van der Waals surface area contributed by atoms with Gasteiger partial charge in [0, 0.05) is 18.1 Å². The molecule has 0 fully saturated rings. The number of aryl methyl sites for hydroxylation is 1. The number of hydrogen-bond donors (Lipinski definition) is 1. The van der Waals surface area contributed by atoms with Crippen molar-refractivity contribution in [3.8, 4) is 11.5 Å². The molecule has 1 atom stereocenters. The second-order valence-corrected chi connectivity index (χ2v) is 12.8. The number of carbonyl (C=O) groups excluding carboxylic acids is 2. The Morgan fingerprint density at radius 2 is 1.47 bits per heavy atom. The topological polar surface area (TPSA) is 96.0 Å². The van der Waals surface area contributed by atoms with Crippen LogP contribution in [0.4, 0.5) is 5.69 Å². The van der Waals surface area contributed by atoms with Crippen LogP contribution in [0, 0.1) is 6.92 Å². The van der Waals surface area contributed by atoms with Gasteiger partial charge < -0.3 is 15.0 Å². The van der Waals surface area contributed by atoms with Crippen molar-refractivity contribution in [1.29, 1.82) is 0 Å². The van der Waals surface area contributed by atoms with E-state index in [1.54, 1.807) is 60.7 Å².